The molecule has 1 aliphatic rings. The highest BCUT2D eigenvalue weighted by Gasteiger charge is 2.21. The molecule has 0 spiro atoms. The fourth-order valence-corrected chi connectivity index (χ4v) is 2.03. The molecular weight excluding hydrogens is 343 g/mol. The number of benzene rings is 1. The molecule has 18 heavy (non-hydrogen) atoms. The number of rotatable bonds is 2. The summed E-state index contributed by atoms with van der Waals surface area (Å²) >= 11 is 9.18. The fraction of sp³-hybridized carbons (Fsp3) is 0.364. The molecule has 0 saturated carbocycles. The van der Waals surface area contributed by atoms with Gasteiger partial charge in [-0.3, -0.25) is 4.79 Å². The van der Waals surface area contributed by atoms with Gasteiger partial charge < -0.3 is 15.4 Å². The van der Waals surface area contributed by atoms with E-state index in [0.717, 1.165) is 11.0 Å². The summed E-state index contributed by atoms with van der Waals surface area (Å²) in [6.45, 7) is 1.89. The Morgan fingerprint density at radius 1 is 1.56 bits per heavy atom. The molecule has 1 unspecified atom stereocenters. The van der Waals surface area contributed by atoms with E-state index in [1.165, 1.54) is 0 Å². The number of nitrogens with one attached hydrogen (secondary N) is 2. The van der Waals surface area contributed by atoms with Gasteiger partial charge in [-0.15, -0.1) is 12.4 Å². The van der Waals surface area contributed by atoms with E-state index >= 15 is 0 Å². The number of ether oxygens (including phenoxy) is 1. The summed E-state index contributed by atoms with van der Waals surface area (Å²) in [4.78, 5) is 11.8. The van der Waals surface area contributed by atoms with Gasteiger partial charge in [0.25, 0.3) is 5.91 Å². The molecule has 100 valence electrons. The van der Waals surface area contributed by atoms with Crippen LogP contribution in [0.15, 0.2) is 22.7 Å². The average Bonchev–Trinajstić information content (AvgIpc) is 2.35. The fourth-order valence-electron chi connectivity index (χ4n) is 1.53. The van der Waals surface area contributed by atoms with Gasteiger partial charge in [0, 0.05) is 23.2 Å². The van der Waals surface area contributed by atoms with E-state index in [4.69, 9.17) is 16.3 Å². The summed E-state index contributed by atoms with van der Waals surface area (Å²) in [5.41, 5.74) is 0.695. The molecule has 1 saturated heterocycles. The molecule has 1 fully saturated rings. The number of carbonyl (C=O) groups is 1. The van der Waals surface area contributed by atoms with Crippen molar-refractivity contribution in [2.45, 2.75) is 6.10 Å². The zero-order valence-corrected chi connectivity index (χ0v) is 12.6. The molecule has 1 heterocycles. The lowest BCUT2D eigenvalue weighted by atomic mass is 10.2. The van der Waals surface area contributed by atoms with Gasteiger partial charge in [0.2, 0.25) is 0 Å². The molecule has 0 bridgehead atoms. The van der Waals surface area contributed by atoms with Crippen LogP contribution in [0.1, 0.15) is 0 Å². The minimum atomic E-state index is -0.432. The van der Waals surface area contributed by atoms with Crippen LogP contribution in [-0.4, -0.2) is 31.7 Å². The van der Waals surface area contributed by atoms with Crippen LogP contribution >= 0.6 is 39.9 Å². The lowest BCUT2D eigenvalue weighted by Crippen LogP contribution is -2.45. The molecule has 1 amide bonds. The normalized spacial score (nSPS) is 18.9. The van der Waals surface area contributed by atoms with Crippen molar-refractivity contribution in [3.8, 4) is 0 Å². The Hall–Kier alpha value is -0.330. The average molecular weight is 356 g/mol. The molecular formula is C11H13BrCl2N2O2. The predicted octanol–water partition coefficient (Wildman–Crippen LogP) is 2.45. The second-order valence-corrected chi connectivity index (χ2v) is 4.94. The molecule has 4 nitrogen and oxygen atoms in total. The van der Waals surface area contributed by atoms with Gasteiger partial charge in [0.1, 0.15) is 6.10 Å². The molecule has 2 N–H and O–H groups in total. The molecule has 1 aromatic carbocycles. The lowest BCUT2D eigenvalue weighted by molar-refractivity contribution is -0.128. The quantitative estimate of drug-likeness (QED) is 0.856. The van der Waals surface area contributed by atoms with Gasteiger partial charge in [0.15, 0.2) is 0 Å². The standard InChI is InChI=1S/C11H12BrClN2O2.ClH/c12-8-5-7(1-2-9(8)13)15-11(16)10-6-14-3-4-17-10;/h1-2,5,10,14H,3-4,6H2,(H,15,16);1H. The number of hydrogen-bond acceptors (Lipinski definition) is 3. The predicted molar refractivity (Wildman–Crippen MR) is 77.6 cm³/mol. The minimum absolute atomic E-state index is 0. The lowest BCUT2D eigenvalue weighted by Gasteiger charge is -2.22. The van der Waals surface area contributed by atoms with Crippen LogP contribution in [0, 0.1) is 0 Å². The van der Waals surface area contributed by atoms with Crippen LogP contribution in [0.2, 0.25) is 5.02 Å². The Labute approximate surface area is 125 Å². The molecule has 0 radical (unpaired) electrons. The molecule has 2 rings (SSSR count). The molecule has 7 heteroatoms. The van der Waals surface area contributed by atoms with Crippen LogP contribution in [0.4, 0.5) is 5.69 Å². The third kappa shape index (κ3) is 4.10. The van der Waals surface area contributed by atoms with Gasteiger partial charge in [-0.05, 0) is 34.1 Å². The molecule has 1 aromatic rings. The summed E-state index contributed by atoms with van der Waals surface area (Å²) in [6.07, 6.45) is -0.432. The number of carbonyl (C=O) groups excluding carboxylic acids is 1. The van der Waals surface area contributed by atoms with E-state index in [1.807, 2.05) is 0 Å². The van der Waals surface area contributed by atoms with Crippen molar-refractivity contribution in [1.29, 1.82) is 0 Å². The second-order valence-electron chi connectivity index (χ2n) is 3.68. The zero-order valence-electron chi connectivity index (χ0n) is 9.41. The van der Waals surface area contributed by atoms with Gasteiger partial charge in [0.05, 0.1) is 11.6 Å². The monoisotopic (exact) mass is 354 g/mol. The van der Waals surface area contributed by atoms with E-state index in [-0.39, 0.29) is 18.3 Å². The van der Waals surface area contributed by atoms with Crippen molar-refractivity contribution >= 4 is 51.5 Å². The Balaban J connectivity index is 0.00000162. The van der Waals surface area contributed by atoms with E-state index in [1.54, 1.807) is 18.2 Å². The van der Waals surface area contributed by atoms with Gasteiger partial charge in [-0.25, -0.2) is 0 Å². The Kier molecular flexibility index (Phi) is 6.38. The van der Waals surface area contributed by atoms with E-state index in [0.29, 0.717) is 23.9 Å². The van der Waals surface area contributed by atoms with Crippen LogP contribution < -0.4 is 10.6 Å². The van der Waals surface area contributed by atoms with Crippen molar-refractivity contribution in [2.75, 3.05) is 25.0 Å². The van der Waals surface area contributed by atoms with Crippen LogP contribution in [0.5, 0.6) is 0 Å². The summed E-state index contributed by atoms with van der Waals surface area (Å²) < 4.78 is 6.10. The van der Waals surface area contributed by atoms with Crippen molar-refractivity contribution in [1.82, 2.24) is 5.32 Å². The molecule has 1 aliphatic heterocycles. The zero-order chi connectivity index (χ0) is 12.3. The maximum Gasteiger partial charge on any atom is 0.254 e. The molecule has 0 aliphatic carbocycles. The minimum Gasteiger partial charge on any atom is -0.366 e. The summed E-state index contributed by atoms with van der Waals surface area (Å²) in [5, 5.41) is 6.50. The number of morpholine rings is 1. The van der Waals surface area contributed by atoms with E-state index in [2.05, 4.69) is 26.6 Å². The third-order valence-electron chi connectivity index (χ3n) is 2.41. The van der Waals surface area contributed by atoms with E-state index in [9.17, 15) is 4.79 Å². The van der Waals surface area contributed by atoms with Crippen LogP contribution in [0.3, 0.4) is 0 Å². The van der Waals surface area contributed by atoms with Crippen LogP contribution in [-0.2, 0) is 9.53 Å². The summed E-state index contributed by atoms with van der Waals surface area (Å²) in [7, 11) is 0. The Morgan fingerprint density at radius 2 is 2.33 bits per heavy atom. The van der Waals surface area contributed by atoms with Gasteiger partial charge in [-0.1, -0.05) is 11.6 Å². The van der Waals surface area contributed by atoms with Crippen molar-refractivity contribution in [3.63, 3.8) is 0 Å². The maximum atomic E-state index is 11.8. The smallest absolute Gasteiger partial charge is 0.254 e. The number of hydrogen-bond donors (Lipinski definition) is 2. The number of amides is 1. The summed E-state index contributed by atoms with van der Waals surface area (Å²) in [6, 6.07) is 5.24. The maximum absolute atomic E-state index is 11.8. The topological polar surface area (TPSA) is 50.4 Å². The largest absolute Gasteiger partial charge is 0.366 e. The molecule has 0 aromatic heterocycles. The first-order valence-corrected chi connectivity index (χ1v) is 6.42. The van der Waals surface area contributed by atoms with Crippen molar-refractivity contribution < 1.29 is 9.53 Å². The first-order chi connectivity index (χ1) is 8.16. The highest BCUT2D eigenvalue weighted by atomic mass is 79.9. The number of halogens is 3. The first kappa shape index (κ1) is 15.7. The van der Waals surface area contributed by atoms with Gasteiger partial charge in [-0.2, -0.15) is 0 Å². The number of anilines is 1. The van der Waals surface area contributed by atoms with Crippen LogP contribution in [0.25, 0.3) is 0 Å². The van der Waals surface area contributed by atoms with Crippen molar-refractivity contribution in [2.24, 2.45) is 0 Å². The van der Waals surface area contributed by atoms with Crippen molar-refractivity contribution in [3.05, 3.63) is 27.7 Å². The molecule has 1 atom stereocenters. The summed E-state index contributed by atoms with van der Waals surface area (Å²) in [5.74, 6) is -0.147. The first-order valence-electron chi connectivity index (χ1n) is 5.25. The Morgan fingerprint density at radius 3 is 2.94 bits per heavy atom. The van der Waals surface area contributed by atoms with Gasteiger partial charge >= 0.3 is 0 Å². The van der Waals surface area contributed by atoms with E-state index < -0.39 is 6.10 Å². The highest BCUT2D eigenvalue weighted by Crippen LogP contribution is 2.25. The SMILES string of the molecule is Cl.O=C(Nc1ccc(Cl)c(Br)c1)C1CNCCO1. The third-order valence-corrected chi connectivity index (χ3v) is 3.62. The Bertz CT molecular complexity index is 426. The second kappa shape index (κ2) is 7.31. The highest BCUT2D eigenvalue weighted by molar-refractivity contribution is 9.10.